The highest BCUT2D eigenvalue weighted by atomic mass is 32.2. The van der Waals surface area contributed by atoms with E-state index in [9.17, 15) is 13.5 Å². The summed E-state index contributed by atoms with van der Waals surface area (Å²) in [5, 5.41) is 9.26. The molecule has 2 rings (SSSR count). The molecule has 2 N–H and O–H groups in total. The van der Waals surface area contributed by atoms with Crippen molar-refractivity contribution >= 4 is 10.2 Å². The first-order chi connectivity index (χ1) is 9.92. The predicted octanol–water partition coefficient (Wildman–Crippen LogP) is 1.26. The molecule has 7 heteroatoms. The van der Waals surface area contributed by atoms with E-state index < -0.39 is 10.2 Å². The zero-order chi connectivity index (χ0) is 15.5. The second-order valence-corrected chi connectivity index (χ2v) is 7.11. The molecule has 0 aliphatic carbocycles. The van der Waals surface area contributed by atoms with Gasteiger partial charge < -0.3 is 9.84 Å². The van der Waals surface area contributed by atoms with Gasteiger partial charge in [-0.05, 0) is 37.0 Å². The van der Waals surface area contributed by atoms with Gasteiger partial charge in [0.05, 0.1) is 6.61 Å². The first kappa shape index (κ1) is 16.2. The lowest BCUT2D eigenvalue weighted by molar-refractivity contribution is 0.157. The van der Waals surface area contributed by atoms with Crippen LogP contribution in [-0.2, 0) is 14.9 Å². The van der Waals surface area contributed by atoms with Gasteiger partial charge in [0, 0.05) is 26.2 Å². The van der Waals surface area contributed by atoms with Gasteiger partial charge in [-0.25, -0.2) is 0 Å². The van der Waals surface area contributed by atoms with Crippen LogP contribution in [0.25, 0.3) is 0 Å². The summed E-state index contributed by atoms with van der Waals surface area (Å²) in [7, 11) is -1.88. The second-order valence-electron chi connectivity index (χ2n) is 5.40. The van der Waals surface area contributed by atoms with Crippen molar-refractivity contribution in [3.05, 3.63) is 29.8 Å². The van der Waals surface area contributed by atoms with Crippen molar-refractivity contribution in [2.45, 2.75) is 19.4 Å². The van der Waals surface area contributed by atoms with Crippen molar-refractivity contribution in [1.82, 2.24) is 9.03 Å². The summed E-state index contributed by atoms with van der Waals surface area (Å²) < 4.78 is 33.9. The van der Waals surface area contributed by atoms with Crippen LogP contribution in [0.1, 0.15) is 24.9 Å². The quantitative estimate of drug-likeness (QED) is 0.828. The smallest absolute Gasteiger partial charge is 0.280 e. The summed E-state index contributed by atoms with van der Waals surface area (Å²) in [6.45, 7) is 3.38. The minimum absolute atomic E-state index is 0.163. The van der Waals surface area contributed by atoms with E-state index in [1.807, 2.05) is 0 Å². The lowest BCUT2D eigenvalue weighted by Crippen LogP contribution is -2.40. The molecule has 118 valence electrons. The van der Waals surface area contributed by atoms with Gasteiger partial charge >= 0.3 is 0 Å². The van der Waals surface area contributed by atoms with Crippen LogP contribution >= 0.6 is 0 Å². The SMILES string of the molecule is COCC1CCN(S(=O)(=O)N[C@@H](C)c2ccc(O)cc2)C1. The van der Waals surface area contributed by atoms with Crippen LogP contribution in [0.15, 0.2) is 24.3 Å². The normalized spacial score (nSPS) is 21.5. The lowest BCUT2D eigenvalue weighted by atomic mass is 10.1. The molecule has 1 aliphatic heterocycles. The number of aromatic hydroxyl groups is 1. The number of ether oxygens (including phenoxy) is 1. The van der Waals surface area contributed by atoms with Crippen molar-refractivity contribution in [3.8, 4) is 5.75 Å². The Morgan fingerprint density at radius 2 is 2.10 bits per heavy atom. The highest BCUT2D eigenvalue weighted by molar-refractivity contribution is 7.87. The molecule has 21 heavy (non-hydrogen) atoms. The molecule has 1 saturated heterocycles. The topological polar surface area (TPSA) is 78.9 Å². The van der Waals surface area contributed by atoms with Gasteiger partial charge in [0.15, 0.2) is 0 Å². The molecule has 6 nitrogen and oxygen atoms in total. The third-order valence-electron chi connectivity index (χ3n) is 3.71. The third-order valence-corrected chi connectivity index (χ3v) is 5.37. The van der Waals surface area contributed by atoms with Crippen molar-refractivity contribution in [3.63, 3.8) is 0 Å². The van der Waals surface area contributed by atoms with Crippen LogP contribution in [0.4, 0.5) is 0 Å². The van der Waals surface area contributed by atoms with Crippen LogP contribution in [0.3, 0.4) is 0 Å². The van der Waals surface area contributed by atoms with Crippen LogP contribution < -0.4 is 4.72 Å². The van der Waals surface area contributed by atoms with Crippen LogP contribution in [-0.4, -0.2) is 44.6 Å². The fourth-order valence-corrected chi connectivity index (χ4v) is 4.00. The maximum absolute atomic E-state index is 12.4. The Balaban J connectivity index is 1.99. The van der Waals surface area contributed by atoms with Gasteiger partial charge in [0.1, 0.15) is 5.75 Å². The van der Waals surface area contributed by atoms with Gasteiger partial charge in [-0.3, -0.25) is 0 Å². The molecular formula is C14H22N2O4S. The van der Waals surface area contributed by atoms with E-state index in [1.165, 1.54) is 4.31 Å². The fraction of sp³-hybridized carbons (Fsp3) is 0.571. The van der Waals surface area contributed by atoms with E-state index in [0.29, 0.717) is 19.7 Å². The van der Waals surface area contributed by atoms with Gasteiger partial charge in [-0.1, -0.05) is 12.1 Å². The standard InChI is InChI=1S/C14H22N2O4S/c1-11(13-3-5-14(17)6-4-13)15-21(18,19)16-8-7-12(9-16)10-20-2/h3-6,11-12,15,17H,7-10H2,1-2H3/t11-,12?/m0/s1. The zero-order valence-corrected chi connectivity index (χ0v) is 13.1. The van der Waals surface area contributed by atoms with Gasteiger partial charge in [0.25, 0.3) is 10.2 Å². The Bertz CT molecular complexity index is 559. The van der Waals surface area contributed by atoms with Crippen LogP contribution in [0, 0.1) is 5.92 Å². The number of hydrogen-bond acceptors (Lipinski definition) is 4. The fourth-order valence-electron chi connectivity index (χ4n) is 2.52. The van der Waals surface area contributed by atoms with Crippen molar-refractivity contribution in [2.24, 2.45) is 5.92 Å². The maximum Gasteiger partial charge on any atom is 0.280 e. The van der Waals surface area contributed by atoms with E-state index in [0.717, 1.165) is 12.0 Å². The van der Waals surface area contributed by atoms with Gasteiger partial charge in [-0.2, -0.15) is 17.4 Å². The molecule has 2 atom stereocenters. The molecule has 1 unspecified atom stereocenters. The van der Waals surface area contributed by atoms with Crippen LogP contribution in [0.2, 0.25) is 0 Å². The summed E-state index contributed by atoms with van der Waals surface area (Å²) in [6, 6.07) is 6.16. The summed E-state index contributed by atoms with van der Waals surface area (Å²) in [6.07, 6.45) is 0.822. The Hall–Kier alpha value is -1.15. The Morgan fingerprint density at radius 3 is 2.71 bits per heavy atom. The number of rotatable bonds is 6. The molecule has 0 saturated carbocycles. The average Bonchev–Trinajstić information content (AvgIpc) is 2.89. The molecule has 0 amide bonds. The molecular weight excluding hydrogens is 292 g/mol. The first-order valence-electron chi connectivity index (χ1n) is 6.97. The highest BCUT2D eigenvalue weighted by Gasteiger charge is 2.32. The summed E-state index contributed by atoms with van der Waals surface area (Å²) in [5.74, 6) is 0.423. The average molecular weight is 314 g/mol. The predicted molar refractivity (Wildman–Crippen MR) is 80.1 cm³/mol. The molecule has 1 fully saturated rings. The number of methoxy groups -OCH3 is 1. The third kappa shape index (κ3) is 4.16. The number of phenols is 1. The number of hydrogen-bond donors (Lipinski definition) is 2. The Kier molecular flexibility index (Phi) is 5.21. The minimum Gasteiger partial charge on any atom is -0.508 e. The van der Waals surface area contributed by atoms with E-state index in [4.69, 9.17) is 4.74 Å². The first-order valence-corrected chi connectivity index (χ1v) is 8.41. The Morgan fingerprint density at radius 1 is 1.43 bits per heavy atom. The van der Waals surface area contributed by atoms with E-state index >= 15 is 0 Å². The maximum atomic E-state index is 12.4. The molecule has 0 bridgehead atoms. The van der Waals surface area contributed by atoms with Gasteiger partial charge in [-0.15, -0.1) is 0 Å². The number of phenolic OH excluding ortho intramolecular Hbond substituents is 1. The van der Waals surface area contributed by atoms with Crippen molar-refractivity contribution < 1.29 is 18.3 Å². The number of nitrogens with one attached hydrogen (secondary N) is 1. The highest BCUT2D eigenvalue weighted by Crippen LogP contribution is 2.22. The van der Waals surface area contributed by atoms with Gasteiger partial charge in [0.2, 0.25) is 0 Å². The molecule has 1 aromatic carbocycles. The molecule has 0 radical (unpaired) electrons. The lowest BCUT2D eigenvalue weighted by Gasteiger charge is -2.21. The molecule has 0 aromatic heterocycles. The molecule has 1 aliphatic rings. The van der Waals surface area contributed by atoms with Crippen LogP contribution in [0.5, 0.6) is 5.75 Å². The van der Waals surface area contributed by atoms with Crippen molar-refractivity contribution in [2.75, 3.05) is 26.8 Å². The molecule has 1 aromatic rings. The largest absolute Gasteiger partial charge is 0.508 e. The monoisotopic (exact) mass is 314 g/mol. The summed E-state index contributed by atoms with van der Waals surface area (Å²) in [4.78, 5) is 0. The number of benzene rings is 1. The van der Waals surface area contributed by atoms with E-state index in [2.05, 4.69) is 4.72 Å². The Labute approximate surface area is 125 Å². The van der Waals surface area contributed by atoms with E-state index in [-0.39, 0.29) is 17.7 Å². The zero-order valence-electron chi connectivity index (χ0n) is 12.3. The van der Waals surface area contributed by atoms with E-state index in [1.54, 1.807) is 38.3 Å². The number of nitrogens with zero attached hydrogens (tertiary/aromatic N) is 1. The second kappa shape index (κ2) is 6.74. The molecule has 0 spiro atoms. The minimum atomic E-state index is -3.50. The summed E-state index contributed by atoms with van der Waals surface area (Å²) >= 11 is 0. The van der Waals surface area contributed by atoms with Crippen molar-refractivity contribution in [1.29, 1.82) is 0 Å². The summed E-state index contributed by atoms with van der Waals surface area (Å²) in [5.41, 5.74) is 0.809. The molecule has 1 heterocycles.